The summed E-state index contributed by atoms with van der Waals surface area (Å²) in [6.45, 7) is 0. The lowest BCUT2D eigenvalue weighted by atomic mass is 10.1. The summed E-state index contributed by atoms with van der Waals surface area (Å²) < 4.78 is 1.04. The summed E-state index contributed by atoms with van der Waals surface area (Å²) in [6.07, 6.45) is 3.22. The Bertz CT molecular complexity index is 431. The van der Waals surface area contributed by atoms with Gasteiger partial charge in [-0.25, -0.2) is 15.4 Å². The Morgan fingerprint density at radius 3 is 2.87 bits per heavy atom. The van der Waals surface area contributed by atoms with Gasteiger partial charge in [0.25, 0.3) is 0 Å². The van der Waals surface area contributed by atoms with Crippen molar-refractivity contribution in [2.24, 2.45) is 5.84 Å². The first-order chi connectivity index (χ1) is 7.33. The van der Waals surface area contributed by atoms with Gasteiger partial charge in [0.05, 0.1) is 11.7 Å². The molecule has 6 heteroatoms. The zero-order valence-electron chi connectivity index (χ0n) is 7.72. The van der Waals surface area contributed by atoms with Gasteiger partial charge in [0.15, 0.2) is 0 Å². The highest BCUT2D eigenvalue weighted by molar-refractivity contribution is 9.10. The van der Waals surface area contributed by atoms with E-state index in [4.69, 9.17) is 5.84 Å². The van der Waals surface area contributed by atoms with Crippen LogP contribution in [0.4, 0.5) is 0 Å². The molecule has 0 radical (unpaired) electrons. The molecule has 0 aromatic carbocycles. The van der Waals surface area contributed by atoms with Gasteiger partial charge in [0.1, 0.15) is 6.33 Å². The second-order valence-corrected chi connectivity index (χ2v) is 4.51. The third-order valence-electron chi connectivity index (χ3n) is 2.02. The molecule has 1 atom stereocenters. The third kappa shape index (κ3) is 2.23. The summed E-state index contributed by atoms with van der Waals surface area (Å²) in [6, 6.07) is 1.74. The number of nitrogens with one attached hydrogen (secondary N) is 1. The van der Waals surface area contributed by atoms with Crippen LogP contribution >= 0.6 is 27.3 Å². The first-order valence-electron chi connectivity index (χ1n) is 4.26. The molecule has 15 heavy (non-hydrogen) atoms. The Hall–Kier alpha value is -0.820. The average molecular weight is 285 g/mol. The van der Waals surface area contributed by atoms with E-state index >= 15 is 0 Å². The van der Waals surface area contributed by atoms with Crippen LogP contribution in [0.1, 0.15) is 17.3 Å². The Morgan fingerprint density at radius 1 is 1.47 bits per heavy atom. The summed E-state index contributed by atoms with van der Waals surface area (Å²) in [5.41, 5.74) is 4.69. The van der Waals surface area contributed by atoms with E-state index in [1.165, 1.54) is 6.33 Å². The van der Waals surface area contributed by atoms with E-state index in [0.717, 1.165) is 15.7 Å². The molecule has 2 aromatic heterocycles. The lowest BCUT2D eigenvalue weighted by Crippen LogP contribution is -2.29. The maximum absolute atomic E-state index is 5.54. The summed E-state index contributed by atoms with van der Waals surface area (Å²) in [4.78, 5) is 8.05. The minimum atomic E-state index is -0.103. The molecule has 2 heterocycles. The fraction of sp³-hybridized carbons (Fsp3) is 0.111. The molecule has 0 spiro atoms. The molecule has 0 aliphatic carbocycles. The highest BCUT2D eigenvalue weighted by atomic mass is 79.9. The highest BCUT2D eigenvalue weighted by Gasteiger charge is 2.16. The molecule has 0 aliphatic rings. The fourth-order valence-electron chi connectivity index (χ4n) is 1.30. The highest BCUT2D eigenvalue weighted by Crippen LogP contribution is 2.29. The van der Waals surface area contributed by atoms with Crippen LogP contribution in [0.25, 0.3) is 0 Å². The second kappa shape index (κ2) is 4.80. The van der Waals surface area contributed by atoms with Crippen LogP contribution in [-0.2, 0) is 0 Å². The third-order valence-corrected chi connectivity index (χ3v) is 3.77. The van der Waals surface area contributed by atoms with Crippen molar-refractivity contribution in [1.82, 2.24) is 15.4 Å². The van der Waals surface area contributed by atoms with Crippen LogP contribution in [-0.4, -0.2) is 9.97 Å². The van der Waals surface area contributed by atoms with Crippen LogP contribution in [0.5, 0.6) is 0 Å². The quantitative estimate of drug-likeness (QED) is 0.667. The van der Waals surface area contributed by atoms with Gasteiger partial charge in [-0.15, -0.1) is 0 Å². The van der Waals surface area contributed by atoms with Gasteiger partial charge in [-0.2, -0.15) is 11.3 Å². The lowest BCUT2D eigenvalue weighted by Gasteiger charge is -2.14. The smallest absolute Gasteiger partial charge is 0.115 e. The zero-order chi connectivity index (χ0) is 10.7. The SMILES string of the molecule is NNC(c1ccncn1)c1cscc1Br. The molecule has 0 fully saturated rings. The predicted octanol–water partition coefficient (Wildman–Crippen LogP) is 1.85. The Balaban J connectivity index is 2.37. The van der Waals surface area contributed by atoms with Crippen molar-refractivity contribution in [3.8, 4) is 0 Å². The number of nitrogens with two attached hydrogens (primary N) is 1. The minimum Gasteiger partial charge on any atom is -0.271 e. The van der Waals surface area contributed by atoms with E-state index in [9.17, 15) is 0 Å². The Morgan fingerprint density at radius 2 is 2.33 bits per heavy atom. The Kier molecular flexibility index (Phi) is 3.42. The number of hydrogen-bond acceptors (Lipinski definition) is 5. The number of thiophene rings is 1. The summed E-state index contributed by atoms with van der Waals surface area (Å²) in [5, 5.41) is 4.05. The van der Waals surface area contributed by atoms with Gasteiger partial charge in [0, 0.05) is 21.6 Å². The second-order valence-electron chi connectivity index (χ2n) is 2.91. The number of nitrogens with zero attached hydrogens (tertiary/aromatic N) is 2. The van der Waals surface area contributed by atoms with Crippen LogP contribution < -0.4 is 11.3 Å². The minimum absolute atomic E-state index is 0.103. The van der Waals surface area contributed by atoms with Crippen LogP contribution in [0.3, 0.4) is 0 Å². The van der Waals surface area contributed by atoms with Crippen LogP contribution in [0.2, 0.25) is 0 Å². The number of aromatic nitrogens is 2. The zero-order valence-corrected chi connectivity index (χ0v) is 10.1. The van der Waals surface area contributed by atoms with Crippen LogP contribution in [0.15, 0.2) is 33.8 Å². The van der Waals surface area contributed by atoms with Crippen molar-refractivity contribution in [1.29, 1.82) is 0 Å². The van der Waals surface area contributed by atoms with Gasteiger partial charge in [0.2, 0.25) is 0 Å². The molecule has 0 amide bonds. The summed E-state index contributed by atoms with van der Waals surface area (Å²) in [7, 11) is 0. The van der Waals surface area contributed by atoms with Gasteiger partial charge >= 0.3 is 0 Å². The van der Waals surface area contributed by atoms with Crippen LogP contribution in [0, 0.1) is 0 Å². The van der Waals surface area contributed by atoms with Crippen molar-refractivity contribution < 1.29 is 0 Å². The van der Waals surface area contributed by atoms with Crippen molar-refractivity contribution in [3.63, 3.8) is 0 Å². The van der Waals surface area contributed by atoms with Gasteiger partial charge in [-0.05, 0) is 27.4 Å². The van der Waals surface area contributed by atoms with E-state index < -0.39 is 0 Å². The van der Waals surface area contributed by atoms with E-state index in [1.807, 2.05) is 16.8 Å². The van der Waals surface area contributed by atoms with E-state index in [2.05, 4.69) is 31.3 Å². The molecule has 4 nitrogen and oxygen atoms in total. The molecular formula is C9H9BrN4S. The normalized spacial score (nSPS) is 12.7. The maximum Gasteiger partial charge on any atom is 0.115 e. The summed E-state index contributed by atoms with van der Waals surface area (Å²) in [5.74, 6) is 5.54. The fourth-order valence-corrected chi connectivity index (χ4v) is 2.86. The van der Waals surface area contributed by atoms with E-state index in [1.54, 1.807) is 17.5 Å². The van der Waals surface area contributed by atoms with Crippen molar-refractivity contribution >= 4 is 27.3 Å². The van der Waals surface area contributed by atoms with Crippen molar-refractivity contribution in [2.45, 2.75) is 6.04 Å². The topological polar surface area (TPSA) is 63.8 Å². The molecule has 3 N–H and O–H groups in total. The first kappa shape index (κ1) is 10.7. The van der Waals surface area contributed by atoms with Gasteiger partial charge in [-0.1, -0.05) is 0 Å². The number of halogens is 1. The van der Waals surface area contributed by atoms with Crippen molar-refractivity contribution in [3.05, 3.63) is 45.1 Å². The molecule has 0 aliphatic heterocycles. The standard InChI is InChI=1S/C9H9BrN4S/c10-7-4-15-3-6(7)9(14-11)8-1-2-12-5-13-8/h1-5,9,14H,11H2. The lowest BCUT2D eigenvalue weighted by molar-refractivity contribution is 0.618. The molecule has 0 saturated carbocycles. The van der Waals surface area contributed by atoms with Gasteiger partial charge < -0.3 is 0 Å². The number of hydrogen-bond donors (Lipinski definition) is 2. The molecule has 1 unspecified atom stereocenters. The molecule has 0 saturated heterocycles. The molecule has 0 bridgehead atoms. The molecule has 2 rings (SSSR count). The van der Waals surface area contributed by atoms with E-state index in [-0.39, 0.29) is 6.04 Å². The van der Waals surface area contributed by atoms with Gasteiger partial charge in [-0.3, -0.25) is 5.84 Å². The molecule has 2 aromatic rings. The maximum atomic E-state index is 5.54. The summed E-state index contributed by atoms with van der Waals surface area (Å²) >= 11 is 5.10. The number of rotatable bonds is 3. The monoisotopic (exact) mass is 284 g/mol. The first-order valence-corrected chi connectivity index (χ1v) is 6.00. The Labute approximate surface area is 99.7 Å². The predicted molar refractivity (Wildman–Crippen MR) is 63.2 cm³/mol. The average Bonchev–Trinajstić information content (AvgIpc) is 2.68. The van der Waals surface area contributed by atoms with E-state index in [0.29, 0.717) is 0 Å². The number of hydrazine groups is 1. The van der Waals surface area contributed by atoms with Crippen molar-refractivity contribution in [2.75, 3.05) is 0 Å². The largest absolute Gasteiger partial charge is 0.271 e. The molecular weight excluding hydrogens is 276 g/mol. The molecule has 78 valence electrons.